The van der Waals surface area contributed by atoms with Crippen LogP contribution in [0.2, 0.25) is 0 Å². The van der Waals surface area contributed by atoms with E-state index in [9.17, 15) is 0 Å². The van der Waals surface area contributed by atoms with Crippen LogP contribution in [0.15, 0.2) is 0 Å². The van der Waals surface area contributed by atoms with Crippen LogP contribution < -0.4 is 10.6 Å². The summed E-state index contributed by atoms with van der Waals surface area (Å²) >= 11 is 0. The van der Waals surface area contributed by atoms with Crippen molar-refractivity contribution < 1.29 is 0 Å². The molecule has 1 saturated heterocycles. The molecule has 2 nitrogen and oxygen atoms in total. The Morgan fingerprint density at radius 2 is 2.56 bits per heavy atom. The van der Waals surface area contributed by atoms with Gasteiger partial charge in [-0.3, -0.25) is 0 Å². The molecule has 54 valence electrons. The molecule has 1 heterocycles. The van der Waals surface area contributed by atoms with Gasteiger partial charge >= 0.3 is 0 Å². The lowest BCUT2D eigenvalue weighted by Gasteiger charge is -2.07. The van der Waals surface area contributed by atoms with Gasteiger partial charge in [0.15, 0.2) is 0 Å². The van der Waals surface area contributed by atoms with Crippen molar-refractivity contribution in [3.63, 3.8) is 0 Å². The number of nitrogens with one attached hydrogen (secondary N) is 2. The summed E-state index contributed by atoms with van der Waals surface area (Å²) in [6, 6.07) is 0.803. The molecule has 2 heteroatoms. The maximum absolute atomic E-state index is 3.45. The second-order valence-electron chi connectivity index (χ2n) is 2.69. The van der Waals surface area contributed by atoms with Crippen molar-refractivity contribution in [2.45, 2.75) is 25.3 Å². The monoisotopic (exact) mass is 128 g/mol. The van der Waals surface area contributed by atoms with Crippen LogP contribution in [-0.4, -0.2) is 26.2 Å². The van der Waals surface area contributed by atoms with Crippen LogP contribution in [0.1, 0.15) is 19.3 Å². The number of hydrogen-bond donors (Lipinski definition) is 2. The van der Waals surface area contributed by atoms with E-state index in [1.54, 1.807) is 0 Å². The highest BCUT2D eigenvalue weighted by Crippen LogP contribution is 2.06. The predicted octanol–water partition coefficient (Wildman–Crippen LogP) is 0.348. The highest BCUT2D eigenvalue weighted by Gasteiger charge is 2.11. The molecule has 1 fully saturated rings. The molecule has 1 rings (SSSR count). The smallest absolute Gasteiger partial charge is 0.00796 e. The Balaban J connectivity index is 1.98. The van der Waals surface area contributed by atoms with E-state index in [1.807, 2.05) is 7.05 Å². The third-order valence-corrected chi connectivity index (χ3v) is 1.91. The molecule has 0 bridgehead atoms. The van der Waals surface area contributed by atoms with Crippen LogP contribution >= 0.6 is 0 Å². The summed E-state index contributed by atoms with van der Waals surface area (Å²) in [5.74, 6) is 0. The molecule has 1 unspecified atom stereocenters. The lowest BCUT2D eigenvalue weighted by molar-refractivity contribution is 0.542. The van der Waals surface area contributed by atoms with Crippen LogP contribution in [-0.2, 0) is 0 Å². The van der Waals surface area contributed by atoms with Gasteiger partial charge in [-0.15, -0.1) is 0 Å². The first kappa shape index (κ1) is 7.03. The van der Waals surface area contributed by atoms with Crippen LogP contribution in [0.5, 0.6) is 0 Å². The Morgan fingerprint density at radius 1 is 1.67 bits per heavy atom. The predicted molar refractivity (Wildman–Crippen MR) is 39.6 cm³/mol. The van der Waals surface area contributed by atoms with Crippen molar-refractivity contribution >= 4 is 0 Å². The SMILES string of the molecule is CNCCC1CCCN1. The third kappa shape index (κ3) is 2.33. The van der Waals surface area contributed by atoms with E-state index < -0.39 is 0 Å². The van der Waals surface area contributed by atoms with Crippen LogP contribution in [0, 0.1) is 0 Å². The van der Waals surface area contributed by atoms with Crippen LogP contribution in [0.25, 0.3) is 0 Å². The van der Waals surface area contributed by atoms with Gasteiger partial charge in [-0.25, -0.2) is 0 Å². The largest absolute Gasteiger partial charge is 0.320 e. The molecule has 2 N–H and O–H groups in total. The van der Waals surface area contributed by atoms with Crippen molar-refractivity contribution in [2.75, 3.05) is 20.1 Å². The zero-order valence-electron chi connectivity index (χ0n) is 6.11. The highest BCUT2D eigenvalue weighted by molar-refractivity contribution is 4.73. The first-order chi connectivity index (χ1) is 4.43. The van der Waals surface area contributed by atoms with E-state index in [0.29, 0.717) is 0 Å². The fourth-order valence-electron chi connectivity index (χ4n) is 1.32. The Labute approximate surface area is 57.0 Å². The minimum atomic E-state index is 0.803. The van der Waals surface area contributed by atoms with E-state index in [4.69, 9.17) is 0 Å². The molecule has 0 radical (unpaired) electrons. The topological polar surface area (TPSA) is 24.1 Å². The number of rotatable bonds is 3. The second-order valence-corrected chi connectivity index (χ2v) is 2.69. The molecule has 0 aromatic rings. The maximum Gasteiger partial charge on any atom is 0.00796 e. The summed E-state index contributed by atoms with van der Waals surface area (Å²) < 4.78 is 0. The fraction of sp³-hybridized carbons (Fsp3) is 1.00. The Kier molecular flexibility index (Phi) is 3.01. The summed E-state index contributed by atoms with van der Waals surface area (Å²) in [5, 5.41) is 6.61. The van der Waals surface area contributed by atoms with Gasteiger partial charge in [0.05, 0.1) is 0 Å². The van der Waals surface area contributed by atoms with E-state index in [2.05, 4.69) is 10.6 Å². The molecular weight excluding hydrogens is 112 g/mol. The molecule has 0 aromatic heterocycles. The quantitative estimate of drug-likeness (QED) is 0.573. The molecule has 9 heavy (non-hydrogen) atoms. The highest BCUT2D eigenvalue weighted by atomic mass is 14.9. The molecule has 1 aliphatic rings. The fourth-order valence-corrected chi connectivity index (χ4v) is 1.32. The summed E-state index contributed by atoms with van der Waals surface area (Å²) in [5.41, 5.74) is 0. The minimum Gasteiger partial charge on any atom is -0.320 e. The van der Waals surface area contributed by atoms with Gasteiger partial charge in [-0.1, -0.05) is 0 Å². The van der Waals surface area contributed by atoms with Gasteiger partial charge in [0.25, 0.3) is 0 Å². The molecule has 1 atom stereocenters. The minimum absolute atomic E-state index is 0.803. The van der Waals surface area contributed by atoms with Gasteiger partial charge < -0.3 is 10.6 Å². The van der Waals surface area contributed by atoms with Crippen molar-refractivity contribution in [1.29, 1.82) is 0 Å². The van der Waals surface area contributed by atoms with E-state index >= 15 is 0 Å². The maximum atomic E-state index is 3.45. The van der Waals surface area contributed by atoms with Gasteiger partial charge in [-0.05, 0) is 39.4 Å². The molecule has 0 amide bonds. The lowest BCUT2D eigenvalue weighted by atomic mass is 10.2. The van der Waals surface area contributed by atoms with E-state index in [-0.39, 0.29) is 0 Å². The molecule has 0 spiro atoms. The molecule has 1 aliphatic heterocycles. The first-order valence-electron chi connectivity index (χ1n) is 3.81. The lowest BCUT2D eigenvalue weighted by Crippen LogP contribution is -2.25. The molecular formula is C7H16N2. The normalized spacial score (nSPS) is 27.0. The van der Waals surface area contributed by atoms with Crippen molar-refractivity contribution in [3.8, 4) is 0 Å². The molecule has 0 aromatic carbocycles. The summed E-state index contributed by atoms with van der Waals surface area (Å²) in [7, 11) is 2.01. The first-order valence-corrected chi connectivity index (χ1v) is 3.81. The van der Waals surface area contributed by atoms with Crippen molar-refractivity contribution in [1.82, 2.24) is 10.6 Å². The van der Waals surface area contributed by atoms with Crippen LogP contribution in [0.3, 0.4) is 0 Å². The van der Waals surface area contributed by atoms with Gasteiger partial charge in [0.2, 0.25) is 0 Å². The third-order valence-electron chi connectivity index (χ3n) is 1.91. The zero-order valence-corrected chi connectivity index (χ0v) is 6.11. The Bertz CT molecular complexity index is 67.3. The molecule has 0 aliphatic carbocycles. The van der Waals surface area contributed by atoms with Gasteiger partial charge in [0, 0.05) is 6.04 Å². The molecule has 0 saturated carbocycles. The van der Waals surface area contributed by atoms with E-state index in [0.717, 1.165) is 12.6 Å². The average Bonchev–Trinajstić information content (AvgIpc) is 2.34. The Morgan fingerprint density at radius 3 is 3.11 bits per heavy atom. The van der Waals surface area contributed by atoms with Crippen molar-refractivity contribution in [2.24, 2.45) is 0 Å². The standard InChI is InChI=1S/C7H16N2/c1-8-6-4-7-3-2-5-9-7/h7-9H,2-6H2,1H3. The Hall–Kier alpha value is -0.0800. The average molecular weight is 128 g/mol. The van der Waals surface area contributed by atoms with Gasteiger partial charge in [0.1, 0.15) is 0 Å². The summed E-state index contributed by atoms with van der Waals surface area (Å²) in [4.78, 5) is 0. The number of hydrogen-bond acceptors (Lipinski definition) is 2. The van der Waals surface area contributed by atoms with Crippen LogP contribution in [0.4, 0.5) is 0 Å². The zero-order chi connectivity index (χ0) is 6.53. The second kappa shape index (κ2) is 3.85. The van der Waals surface area contributed by atoms with Gasteiger partial charge in [-0.2, -0.15) is 0 Å². The van der Waals surface area contributed by atoms with Crippen molar-refractivity contribution in [3.05, 3.63) is 0 Å². The van der Waals surface area contributed by atoms with E-state index in [1.165, 1.54) is 25.8 Å². The summed E-state index contributed by atoms with van der Waals surface area (Å²) in [6.45, 7) is 2.38. The summed E-state index contributed by atoms with van der Waals surface area (Å²) in [6.07, 6.45) is 4.03.